The smallest absolute Gasteiger partial charge is 0.247 e. The molecule has 2 N–H and O–H groups in total. The van der Waals surface area contributed by atoms with Gasteiger partial charge in [-0.3, -0.25) is 0 Å². The minimum atomic E-state index is -3.55. The molecule has 0 spiro atoms. The number of ether oxygens (including phenoxy) is 1. The molecular weight excluding hydrogens is 288 g/mol. The zero-order valence-electron chi connectivity index (χ0n) is 12.9. The molecule has 0 saturated carbocycles. The van der Waals surface area contributed by atoms with Crippen molar-refractivity contribution in [3.8, 4) is 5.75 Å². The molecule has 1 aromatic carbocycles. The van der Waals surface area contributed by atoms with Crippen molar-refractivity contribution in [2.75, 3.05) is 7.11 Å². The van der Waals surface area contributed by atoms with Crippen LogP contribution in [0.2, 0.25) is 0 Å². The van der Waals surface area contributed by atoms with Gasteiger partial charge in [0, 0.05) is 18.6 Å². The third kappa shape index (κ3) is 2.93. The van der Waals surface area contributed by atoms with E-state index in [2.05, 4.69) is 0 Å². The highest BCUT2D eigenvalue weighted by Crippen LogP contribution is 2.35. The SMILES string of the molecule is CCC1CCC(C)N1S(=O)(=O)c1ccc(CN)cc1OC. The second kappa shape index (κ2) is 6.34. The van der Waals surface area contributed by atoms with E-state index in [1.165, 1.54) is 7.11 Å². The van der Waals surface area contributed by atoms with E-state index in [4.69, 9.17) is 10.5 Å². The maximum Gasteiger partial charge on any atom is 0.247 e. The maximum absolute atomic E-state index is 13.0. The number of sulfonamides is 1. The quantitative estimate of drug-likeness (QED) is 0.904. The Morgan fingerprint density at radius 1 is 1.38 bits per heavy atom. The fourth-order valence-corrected chi connectivity index (χ4v) is 5.12. The van der Waals surface area contributed by atoms with E-state index in [0.717, 1.165) is 24.8 Å². The summed E-state index contributed by atoms with van der Waals surface area (Å²) in [6, 6.07) is 5.16. The first-order chi connectivity index (χ1) is 9.95. The molecule has 0 bridgehead atoms. The van der Waals surface area contributed by atoms with Gasteiger partial charge in [0.05, 0.1) is 7.11 Å². The molecule has 1 aliphatic rings. The van der Waals surface area contributed by atoms with E-state index in [-0.39, 0.29) is 17.0 Å². The average molecular weight is 312 g/mol. The zero-order valence-corrected chi connectivity index (χ0v) is 13.7. The van der Waals surface area contributed by atoms with Gasteiger partial charge in [-0.05, 0) is 43.9 Å². The number of hydrogen-bond acceptors (Lipinski definition) is 4. The van der Waals surface area contributed by atoms with E-state index in [9.17, 15) is 8.42 Å². The molecule has 0 radical (unpaired) electrons. The van der Waals surface area contributed by atoms with Gasteiger partial charge in [-0.25, -0.2) is 8.42 Å². The standard InChI is InChI=1S/C15H24N2O3S/c1-4-13-7-5-11(2)17(13)21(18,19)15-8-6-12(10-16)9-14(15)20-3/h6,8-9,11,13H,4-5,7,10,16H2,1-3H3. The van der Waals surface area contributed by atoms with Crippen molar-refractivity contribution in [1.29, 1.82) is 0 Å². The number of methoxy groups -OCH3 is 1. The predicted octanol–water partition coefficient (Wildman–Crippen LogP) is 2.11. The van der Waals surface area contributed by atoms with Gasteiger partial charge < -0.3 is 10.5 Å². The van der Waals surface area contributed by atoms with Crippen LogP contribution in [0.3, 0.4) is 0 Å². The fourth-order valence-electron chi connectivity index (χ4n) is 3.03. The van der Waals surface area contributed by atoms with Crippen molar-refractivity contribution in [2.45, 2.75) is 56.6 Å². The lowest BCUT2D eigenvalue weighted by Gasteiger charge is -2.27. The monoisotopic (exact) mass is 312 g/mol. The molecule has 1 fully saturated rings. The maximum atomic E-state index is 13.0. The van der Waals surface area contributed by atoms with E-state index < -0.39 is 10.0 Å². The molecule has 1 aliphatic heterocycles. The Morgan fingerprint density at radius 2 is 2.10 bits per heavy atom. The Labute approximate surface area is 127 Å². The van der Waals surface area contributed by atoms with Crippen molar-refractivity contribution < 1.29 is 13.2 Å². The minimum absolute atomic E-state index is 0.0267. The summed E-state index contributed by atoms with van der Waals surface area (Å²) in [5, 5.41) is 0. The lowest BCUT2D eigenvalue weighted by molar-refractivity contribution is 0.325. The third-order valence-corrected chi connectivity index (χ3v) is 6.31. The van der Waals surface area contributed by atoms with Gasteiger partial charge in [-0.1, -0.05) is 13.0 Å². The highest BCUT2D eigenvalue weighted by Gasteiger charge is 2.40. The van der Waals surface area contributed by atoms with Crippen LogP contribution >= 0.6 is 0 Å². The third-order valence-electron chi connectivity index (χ3n) is 4.20. The van der Waals surface area contributed by atoms with Gasteiger partial charge >= 0.3 is 0 Å². The van der Waals surface area contributed by atoms with Gasteiger partial charge in [-0.2, -0.15) is 4.31 Å². The molecule has 0 aromatic heterocycles. The molecular formula is C15H24N2O3S. The number of rotatable bonds is 5. The Balaban J connectivity index is 2.48. The Kier molecular flexibility index (Phi) is 4.91. The molecule has 1 saturated heterocycles. The first kappa shape index (κ1) is 16.3. The van der Waals surface area contributed by atoms with Gasteiger partial charge in [0.25, 0.3) is 0 Å². The van der Waals surface area contributed by atoms with Gasteiger partial charge in [0.2, 0.25) is 10.0 Å². The van der Waals surface area contributed by atoms with Crippen molar-refractivity contribution in [1.82, 2.24) is 4.31 Å². The largest absolute Gasteiger partial charge is 0.495 e. The van der Waals surface area contributed by atoms with Crippen molar-refractivity contribution in [3.05, 3.63) is 23.8 Å². The van der Waals surface area contributed by atoms with Crippen molar-refractivity contribution >= 4 is 10.0 Å². The lowest BCUT2D eigenvalue weighted by Crippen LogP contribution is -2.39. The average Bonchev–Trinajstić information content (AvgIpc) is 2.88. The summed E-state index contributed by atoms with van der Waals surface area (Å²) in [5.74, 6) is 0.368. The number of benzene rings is 1. The second-order valence-corrected chi connectivity index (χ2v) is 7.32. The predicted molar refractivity (Wildman–Crippen MR) is 82.7 cm³/mol. The summed E-state index contributed by atoms with van der Waals surface area (Å²) in [7, 11) is -2.06. The summed E-state index contributed by atoms with van der Waals surface area (Å²) < 4.78 is 32.9. The topological polar surface area (TPSA) is 72.6 Å². The van der Waals surface area contributed by atoms with Crippen LogP contribution in [0.25, 0.3) is 0 Å². The molecule has 0 aliphatic carbocycles. The zero-order chi connectivity index (χ0) is 15.6. The van der Waals surface area contributed by atoms with Crippen LogP contribution in [0.4, 0.5) is 0 Å². The summed E-state index contributed by atoms with van der Waals surface area (Å²) in [4.78, 5) is 0.231. The van der Waals surface area contributed by atoms with Crippen molar-refractivity contribution in [3.63, 3.8) is 0 Å². The van der Waals surface area contributed by atoms with Crippen molar-refractivity contribution in [2.24, 2.45) is 5.73 Å². The van der Waals surface area contributed by atoms with Crippen LogP contribution in [0, 0.1) is 0 Å². The number of hydrogen-bond donors (Lipinski definition) is 1. The second-order valence-electron chi connectivity index (χ2n) is 5.51. The first-order valence-electron chi connectivity index (χ1n) is 7.36. The molecule has 21 heavy (non-hydrogen) atoms. The summed E-state index contributed by atoms with van der Waals surface area (Å²) in [6.07, 6.45) is 2.65. The molecule has 2 unspecified atom stereocenters. The van der Waals surface area contributed by atoms with E-state index >= 15 is 0 Å². The van der Waals surface area contributed by atoms with Gasteiger partial charge in [0.15, 0.2) is 0 Å². The van der Waals surface area contributed by atoms with Crippen LogP contribution in [0.1, 0.15) is 38.7 Å². The molecule has 6 heteroatoms. The molecule has 1 aromatic rings. The summed E-state index contributed by atoms with van der Waals surface area (Å²) in [6.45, 7) is 4.35. The number of nitrogens with two attached hydrogens (primary N) is 1. The van der Waals surface area contributed by atoms with E-state index in [0.29, 0.717) is 12.3 Å². The molecule has 118 valence electrons. The summed E-state index contributed by atoms with van der Waals surface area (Å²) in [5.41, 5.74) is 6.46. The normalized spacial score (nSPS) is 23.4. The van der Waals surface area contributed by atoms with Crippen LogP contribution in [0.15, 0.2) is 23.1 Å². The van der Waals surface area contributed by atoms with Gasteiger partial charge in [-0.15, -0.1) is 0 Å². The van der Waals surface area contributed by atoms with E-state index in [1.54, 1.807) is 22.5 Å². The molecule has 0 amide bonds. The van der Waals surface area contributed by atoms with Gasteiger partial charge in [0.1, 0.15) is 10.6 Å². The molecule has 1 heterocycles. The van der Waals surface area contributed by atoms with Crippen LogP contribution in [0.5, 0.6) is 5.75 Å². The molecule has 5 nitrogen and oxygen atoms in total. The Bertz CT molecular complexity index is 601. The molecule has 2 atom stereocenters. The lowest BCUT2D eigenvalue weighted by atomic mass is 10.2. The first-order valence-corrected chi connectivity index (χ1v) is 8.80. The van der Waals surface area contributed by atoms with Crippen LogP contribution in [-0.4, -0.2) is 31.9 Å². The van der Waals surface area contributed by atoms with Crippen LogP contribution < -0.4 is 10.5 Å². The minimum Gasteiger partial charge on any atom is -0.495 e. The van der Waals surface area contributed by atoms with Crippen LogP contribution in [-0.2, 0) is 16.6 Å². The highest BCUT2D eigenvalue weighted by atomic mass is 32.2. The Hall–Kier alpha value is -1.11. The number of nitrogens with zero attached hydrogens (tertiary/aromatic N) is 1. The van der Waals surface area contributed by atoms with E-state index in [1.807, 2.05) is 13.8 Å². The molecule has 2 rings (SSSR count). The Morgan fingerprint density at radius 3 is 2.67 bits per heavy atom. The highest BCUT2D eigenvalue weighted by molar-refractivity contribution is 7.89. The summed E-state index contributed by atoms with van der Waals surface area (Å²) >= 11 is 0. The fraction of sp³-hybridized carbons (Fsp3) is 0.600.